The molecule has 3 heteroatoms. The highest BCUT2D eigenvalue weighted by molar-refractivity contribution is 14.1. The van der Waals surface area contributed by atoms with Gasteiger partial charge in [-0.3, -0.25) is 0 Å². The summed E-state index contributed by atoms with van der Waals surface area (Å²) in [6, 6.07) is 23.3. The largest absolute Gasteiger partial charge is 0.404 e. The summed E-state index contributed by atoms with van der Waals surface area (Å²) in [6.07, 6.45) is 4.49. The van der Waals surface area contributed by atoms with Crippen LogP contribution in [0.1, 0.15) is 19.3 Å². The molecule has 0 N–H and O–H groups in total. The van der Waals surface area contributed by atoms with E-state index in [-0.39, 0.29) is 0 Å². The molecule has 22 heavy (non-hydrogen) atoms. The number of alkyl halides is 1. The molecule has 1 heterocycles. The fourth-order valence-electron chi connectivity index (χ4n) is 4.19. The van der Waals surface area contributed by atoms with Gasteiger partial charge in [0.15, 0.2) is 0 Å². The summed E-state index contributed by atoms with van der Waals surface area (Å²) in [5, 5.41) is 2.89. The summed E-state index contributed by atoms with van der Waals surface area (Å²) in [7, 11) is -2.06. The zero-order valence-corrected chi connectivity index (χ0v) is 15.8. The van der Waals surface area contributed by atoms with Crippen LogP contribution in [0.3, 0.4) is 0 Å². The fraction of sp³-hybridized carbons (Fsp3) is 0.368. The molecular weight excluding hydrogens is 399 g/mol. The third-order valence-electron chi connectivity index (χ3n) is 5.24. The smallest absolute Gasteiger partial charge is 0.256 e. The lowest BCUT2D eigenvalue weighted by atomic mass is 9.88. The summed E-state index contributed by atoms with van der Waals surface area (Å²) in [5.41, 5.74) is 0. The van der Waals surface area contributed by atoms with Crippen LogP contribution in [0.15, 0.2) is 60.7 Å². The number of fused-ring (bicyclic) bond motifs is 1. The highest BCUT2D eigenvalue weighted by Gasteiger charge is 2.53. The van der Waals surface area contributed by atoms with Gasteiger partial charge in [-0.15, -0.1) is 0 Å². The van der Waals surface area contributed by atoms with E-state index in [4.69, 9.17) is 4.43 Å². The molecule has 0 unspecified atom stereocenters. The average Bonchev–Trinajstić information content (AvgIpc) is 2.99. The maximum Gasteiger partial charge on any atom is 0.256 e. The van der Waals surface area contributed by atoms with Gasteiger partial charge in [0.2, 0.25) is 0 Å². The van der Waals surface area contributed by atoms with Crippen LogP contribution in [0.5, 0.6) is 0 Å². The van der Waals surface area contributed by atoms with Gasteiger partial charge in [0, 0.05) is 3.92 Å². The highest BCUT2D eigenvalue weighted by Crippen LogP contribution is 2.43. The van der Waals surface area contributed by atoms with Gasteiger partial charge >= 0.3 is 0 Å². The third kappa shape index (κ3) is 2.47. The molecule has 1 nitrogen and oxygen atoms in total. The quantitative estimate of drug-likeness (QED) is 0.409. The van der Waals surface area contributed by atoms with Crippen LogP contribution in [-0.2, 0) is 4.43 Å². The van der Waals surface area contributed by atoms with E-state index < -0.39 is 8.32 Å². The first kappa shape index (κ1) is 14.9. The second kappa shape index (κ2) is 6.10. The Balaban J connectivity index is 1.81. The van der Waals surface area contributed by atoms with E-state index in [1.165, 1.54) is 35.7 Å². The van der Waals surface area contributed by atoms with Crippen LogP contribution in [-0.4, -0.2) is 18.3 Å². The Labute approximate surface area is 147 Å². The van der Waals surface area contributed by atoms with Crippen molar-refractivity contribution < 1.29 is 4.43 Å². The molecule has 0 aromatic heterocycles. The summed E-state index contributed by atoms with van der Waals surface area (Å²) in [6.45, 7) is 0. The molecule has 1 saturated heterocycles. The number of hydrogen-bond donors (Lipinski definition) is 0. The molecule has 4 rings (SSSR count). The Morgan fingerprint density at radius 1 is 0.864 bits per heavy atom. The van der Waals surface area contributed by atoms with Crippen LogP contribution in [0.2, 0.25) is 6.04 Å². The summed E-state index contributed by atoms with van der Waals surface area (Å²) >= 11 is 2.63. The lowest BCUT2D eigenvalue weighted by Gasteiger charge is -2.31. The first-order chi connectivity index (χ1) is 10.8. The van der Waals surface area contributed by atoms with Crippen LogP contribution in [0.25, 0.3) is 0 Å². The fourth-order valence-corrected chi connectivity index (χ4v) is 10.3. The topological polar surface area (TPSA) is 9.23 Å². The molecule has 0 radical (unpaired) electrons. The Morgan fingerprint density at radius 3 is 2.00 bits per heavy atom. The van der Waals surface area contributed by atoms with Crippen molar-refractivity contribution >= 4 is 41.3 Å². The van der Waals surface area contributed by atoms with E-state index in [2.05, 4.69) is 83.3 Å². The Morgan fingerprint density at radius 2 is 1.45 bits per heavy atom. The maximum atomic E-state index is 6.97. The molecule has 2 aromatic carbocycles. The van der Waals surface area contributed by atoms with E-state index in [1.807, 2.05) is 0 Å². The number of halogens is 1. The predicted molar refractivity (Wildman–Crippen MR) is 103 cm³/mol. The van der Waals surface area contributed by atoms with Gasteiger partial charge in [0.05, 0.1) is 6.10 Å². The van der Waals surface area contributed by atoms with Gasteiger partial charge in [0.1, 0.15) is 0 Å². The van der Waals surface area contributed by atoms with Gasteiger partial charge in [-0.05, 0) is 35.2 Å². The lowest BCUT2D eigenvalue weighted by molar-refractivity contribution is 0.149. The normalized spacial score (nSPS) is 30.0. The highest BCUT2D eigenvalue weighted by atomic mass is 127. The standard InChI is InChI=1S/C19H21IOSi/c20-18-13-7-8-15-14-22(21-19(15)18,16-9-3-1-4-10-16)17-11-5-2-6-12-17/h1-6,9-12,15,18-19H,7-8,13-14H2/t15-,18+,19+/m1/s1. The lowest BCUT2D eigenvalue weighted by Crippen LogP contribution is -2.59. The Kier molecular flexibility index (Phi) is 4.13. The van der Waals surface area contributed by atoms with E-state index in [0.717, 1.165) is 5.92 Å². The molecule has 0 spiro atoms. The van der Waals surface area contributed by atoms with E-state index in [1.54, 1.807) is 0 Å². The Hall–Kier alpha value is -0.653. The van der Waals surface area contributed by atoms with Crippen molar-refractivity contribution in [2.75, 3.05) is 0 Å². The molecule has 1 aliphatic carbocycles. The monoisotopic (exact) mass is 420 g/mol. The van der Waals surface area contributed by atoms with Crippen molar-refractivity contribution in [1.29, 1.82) is 0 Å². The zero-order valence-electron chi connectivity index (χ0n) is 12.6. The van der Waals surface area contributed by atoms with Crippen molar-refractivity contribution in [1.82, 2.24) is 0 Å². The molecule has 2 fully saturated rings. The number of rotatable bonds is 2. The van der Waals surface area contributed by atoms with Crippen molar-refractivity contribution in [3.63, 3.8) is 0 Å². The van der Waals surface area contributed by atoms with Gasteiger partial charge in [0.25, 0.3) is 8.32 Å². The minimum absolute atomic E-state index is 0.460. The van der Waals surface area contributed by atoms with Gasteiger partial charge < -0.3 is 4.43 Å². The minimum Gasteiger partial charge on any atom is -0.404 e. The first-order valence-corrected chi connectivity index (χ1v) is 11.6. The first-order valence-electron chi connectivity index (χ1n) is 8.22. The third-order valence-corrected chi connectivity index (χ3v) is 10.9. The summed E-state index contributed by atoms with van der Waals surface area (Å²) in [4.78, 5) is 0. The van der Waals surface area contributed by atoms with Crippen molar-refractivity contribution in [3.8, 4) is 0 Å². The number of benzene rings is 2. The molecule has 2 aliphatic rings. The predicted octanol–water partition coefficient (Wildman–Crippen LogP) is 3.75. The average molecular weight is 420 g/mol. The number of hydrogen-bond acceptors (Lipinski definition) is 1. The summed E-state index contributed by atoms with van der Waals surface area (Å²) in [5.74, 6) is 0.753. The molecule has 2 aromatic rings. The molecule has 1 aliphatic heterocycles. The second-order valence-corrected chi connectivity index (χ2v) is 11.6. The minimum atomic E-state index is -2.06. The molecule has 1 saturated carbocycles. The second-order valence-electron chi connectivity index (χ2n) is 6.55. The maximum absolute atomic E-state index is 6.97. The van der Waals surface area contributed by atoms with E-state index in [0.29, 0.717) is 10.0 Å². The van der Waals surface area contributed by atoms with Crippen LogP contribution >= 0.6 is 22.6 Å². The van der Waals surface area contributed by atoms with Crippen molar-refractivity contribution in [2.24, 2.45) is 5.92 Å². The van der Waals surface area contributed by atoms with Crippen molar-refractivity contribution in [3.05, 3.63) is 60.7 Å². The molecule has 0 bridgehead atoms. The van der Waals surface area contributed by atoms with Gasteiger partial charge in [-0.25, -0.2) is 0 Å². The van der Waals surface area contributed by atoms with E-state index in [9.17, 15) is 0 Å². The van der Waals surface area contributed by atoms with Crippen LogP contribution in [0, 0.1) is 5.92 Å². The molecule has 0 amide bonds. The summed E-state index contributed by atoms with van der Waals surface area (Å²) < 4.78 is 7.65. The van der Waals surface area contributed by atoms with E-state index >= 15 is 0 Å². The van der Waals surface area contributed by atoms with Gasteiger partial charge in [-0.1, -0.05) is 89.7 Å². The molecular formula is C19H21IOSi. The Bertz CT molecular complexity index is 591. The SMILES string of the molecule is I[C@H]1CCC[C@@H]2C[Si](c3ccccc3)(c3ccccc3)O[C@@H]21. The van der Waals surface area contributed by atoms with Crippen LogP contribution in [0.4, 0.5) is 0 Å². The molecule has 114 valence electrons. The zero-order chi connectivity index (χ0) is 15.0. The van der Waals surface area contributed by atoms with Crippen molar-refractivity contribution in [2.45, 2.75) is 35.3 Å². The van der Waals surface area contributed by atoms with Crippen LogP contribution < -0.4 is 10.4 Å². The van der Waals surface area contributed by atoms with Gasteiger partial charge in [-0.2, -0.15) is 0 Å². The molecule has 3 atom stereocenters.